The van der Waals surface area contributed by atoms with Crippen molar-refractivity contribution in [3.05, 3.63) is 36.0 Å². The summed E-state index contributed by atoms with van der Waals surface area (Å²) in [7, 11) is 0. The van der Waals surface area contributed by atoms with E-state index in [0.717, 1.165) is 42.4 Å². The third-order valence-corrected chi connectivity index (χ3v) is 3.07. The second-order valence-corrected chi connectivity index (χ2v) is 4.57. The van der Waals surface area contributed by atoms with Crippen LogP contribution in [-0.2, 0) is 0 Å². The van der Waals surface area contributed by atoms with Crippen molar-refractivity contribution in [3.63, 3.8) is 0 Å². The molecule has 1 aromatic carbocycles. The Bertz CT molecular complexity index is 524. The first-order chi connectivity index (χ1) is 8.76. The monoisotopic (exact) mass is 244 g/mol. The Morgan fingerprint density at radius 1 is 1.17 bits per heavy atom. The first-order valence-corrected chi connectivity index (χ1v) is 6.62. The van der Waals surface area contributed by atoms with E-state index >= 15 is 0 Å². The van der Waals surface area contributed by atoms with Gasteiger partial charge in [0.1, 0.15) is 0 Å². The lowest BCUT2D eigenvalue weighted by Gasteiger charge is -2.21. The molecule has 0 aliphatic rings. The molecule has 0 spiro atoms. The van der Waals surface area contributed by atoms with Gasteiger partial charge in [-0.1, -0.05) is 13.8 Å². The molecule has 0 radical (unpaired) electrons. The molecule has 0 saturated heterocycles. The maximum Gasteiger partial charge on any atom is 0.253 e. The predicted octanol–water partition coefficient (Wildman–Crippen LogP) is 3.43. The molecule has 0 aliphatic heterocycles. The average Bonchev–Trinajstić information content (AvgIpc) is 2.84. The number of aromatic amines is 1. The first-order valence-electron chi connectivity index (χ1n) is 6.62. The third kappa shape index (κ3) is 2.55. The van der Waals surface area contributed by atoms with Crippen LogP contribution in [0.2, 0.25) is 0 Å². The molecule has 18 heavy (non-hydrogen) atoms. The van der Waals surface area contributed by atoms with E-state index in [-0.39, 0.29) is 5.91 Å². The van der Waals surface area contributed by atoms with Gasteiger partial charge >= 0.3 is 0 Å². The molecule has 1 heterocycles. The van der Waals surface area contributed by atoms with Gasteiger partial charge in [-0.3, -0.25) is 4.79 Å². The molecule has 0 atom stereocenters. The van der Waals surface area contributed by atoms with Gasteiger partial charge in [0.05, 0.1) is 0 Å². The van der Waals surface area contributed by atoms with Gasteiger partial charge in [0.25, 0.3) is 5.91 Å². The molecule has 1 amide bonds. The molecule has 0 unspecified atom stereocenters. The Morgan fingerprint density at radius 3 is 2.56 bits per heavy atom. The Balaban J connectivity index is 2.24. The predicted molar refractivity (Wildman–Crippen MR) is 74.8 cm³/mol. The number of amides is 1. The number of carbonyl (C=O) groups excluding carboxylic acids is 1. The number of hydrogen-bond acceptors (Lipinski definition) is 1. The van der Waals surface area contributed by atoms with Crippen molar-refractivity contribution in [2.24, 2.45) is 0 Å². The Morgan fingerprint density at radius 2 is 1.89 bits per heavy atom. The van der Waals surface area contributed by atoms with Gasteiger partial charge in [-0.2, -0.15) is 0 Å². The highest BCUT2D eigenvalue weighted by atomic mass is 16.2. The van der Waals surface area contributed by atoms with Crippen LogP contribution in [-0.4, -0.2) is 28.9 Å². The molecule has 1 N–H and O–H groups in total. The van der Waals surface area contributed by atoms with Gasteiger partial charge in [-0.25, -0.2) is 0 Å². The van der Waals surface area contributed by atoms with Crippen LogP contribution >= 0.6 is 0 Å². The van der Waals surface area contributed by atoms with Crippen LogP contribution in [0.15, 0.2) is 30.5 Å². The van der Waals surface area contributed by atoms with E-state index in [2.05, 4.69) is 18.8 Å². The van der Waals surface area contributed by atoms with Crippen LogP contribution in [0.4, 0.5) is 0 Å². The molecule has 0 bridgehead atoms. The molecule has 3 heteroatoms. The highest BCUT2D eigenvalue weighted by molar-refractivity contribution is 5.98. The number of aromatic nitrogens is 1. The molecular weight excluding hydrogens is 224 g/mol. The zero-order valence-corrected chi connectivity index (χ0v) is 11.1. The number of rotatable bonds is 5. The topological polar surface area (TPSA) is 36.1 Å². The summed E-state index contributed by atoms with van der Waals surface area (Å²) < 4.78 is 0. The second-order valence-electron chi connectivity index (χ2n) is 4.57. The molecule has 1 aromatic heterocycles. The van der Waals surface area contributed by atoms with E-state index in [0.29, 0.717) is 0 Å². The lowest BCUT2D eigenvalue weighted by atomic mass is 10.1. The van der Waals surface area contributed by atoms with Gasteiger partial charge < -0.3 is 9.88 Å². The van der Waals surface area contributed by atoms with Crippen molar-refractivity contribution in [2.75, 3.05) is 13.1 Å². The van der Waals surface area contributed by atoms with Crippen molar-refractivity contribution in [1.82, 2.24) is 9.88 Å². The molecular formula is C15H20N2O. The highest BCUT2D eigenvalue weighted by Gasteiger charge is 2.14. The Hall–Kier alpha value is -1.77. The first kappa shape index (κ1) is 12.7. The highest BCUT2D eigenvalue weighted by Crippen LogP contribution is 2.16. The van der Waals surface area contributed by atoms with Gasteiger partial charge in [-0.15, -0.1) is 0 Å². The van der Waals surface area contributed by atoms with Gasteiger partial charge in [-0.05, 0) is 37.1 Å². The molecule has 0 aliphatic carbocycles. The van der Waals surface area contributed by atoms with E-state index in [1.165, 1.54) is 0 Å². The third-order valence-electron chi connectivity index (χ3n) is 3.07. The number of H-pyrrole nitrogens is 1. The van der Waals surface area contributed by atoms with E-state index < -0.39 is 0 Å². The second kappa shape index (κ2) is 5.71. The molecule has 0 saturated carbocycles. The Labute approximate surface area is 108 Å². The minimum Gasteiger partial charge on any atom is -0.361 e. The van der Waals surface area contributed by atoms with Crippen LogP contribution < -0.4 is 0 Å². The lowest BCUT2D eigenvalue weighted by Crippen LogP contribution is -2.32. The molecule has 3 nitrogen and oxygen atoms in total. The van der Waals surface area contributed by atoms with Crippen molar-refractivity contribution < 1.29 is 4.79 Å². The summed E-state index contributed by atoms with van der Waals surface area (Å²) in [6.45, 7) is 5.87. The van der Waals surface area contributed by atoms with Crippen LogP contribution in [0.1, 0.15) is 37.0 Å². The quantitative estimate of drug-likeness (QED) is 0.859. The van der Waals surface area contributed by atoms with Crippen molar-refractivity contribution in [1.29, 1.82) is 0 Å². The summed E-state index contributed by atoms with van der Waals surface area (Å²) in [5.41, 5.74) is 1.85. The normalized spacial score (nSPS) is 10.8. The van der Waals surface area contributed by atoms with Gasteiger partial charge in [0.2, 0.25) is 0 Å². The molecule has 96 valence electrons. The van der Waals surface area contributed by atoms with Gasteiger partial charge in [0, 0.05) is 35.8 Å². The summed E-state index contributed by atoms with van der Waals surface area (Å²) in [6.07, 6.45) is 3.89. The number of carbonyl (C=O) groups is 1. The van der Waals surface area contributed by atoms with E-state index in [1.54, 1.807) is 0 Å². The smallest absolute Gasteiger partial charge is 0.253 e. The summed E-state index contributed by atoms with van der Waals surface area (Å²) in [5.74, 6) is 0.141. The zero-order chi connectivity index (χ0) is 13.0. The Kier molecular flexibility index (Phi) is 4.03. The summed E-state index contributed by atoms with van der Waals surface area (Å²) in [5, 5.41) is 1.09. The fourth-order valence-corrected chi connectivity index (χ4v) is 2.22. The van der Waals surface area contributed by atoms with E-state index in [4.69, 9.17) is 0 Å². The standard InChI is InChI=1S/C15H20N2O/c1-3-9-17(10-4-2)15(18)13-5-6-14-12(11-13)7-8-16-14/h5-8,11,16H,3-4,9-10H2,1-2H3. The fraction of sp³-hybridized carbons (Fsp3) is 0.400. The van der Waals surface area contributed by atoms with Crippen LogP contribution in [0.25, 0.3) is 10.9 Å². The maximum absolute atomic E-state index is 12.4. The number of nitrogens with zero attached hydrogens (tertiary/aromatic N) is 1. The van der Waals surface area contributed by atoms with Crippen LogP contribution in [0, 0.1) is 0 Å². The molecule has 0 fully saturated rings. The number of benzene rings is 1. The fourth-order valence-electron chi connectivity index (χ4n) is 2.22. The largest absolute Gasteiger partial charge is 0.361 e. The number of fused-ring (bicyclic) bond motifs is 1. The van der Waals surface area contributed by atoms with E-state index in [9.17, 15) is 4.79 Å². The number of nitrogens with one attached hydrogen (secondary N) is 1. The SMILES string of the molecule is CCCN(CCC)C(=O)c1ccc2[nH]ccc2c1. The minimum atomic E-state index is 0.141. The molecule has 2 rings (SSSR count). The average molecular weight is 244 g/mol. The van der Waals surface area contributed by atoms with Gasteiger partial charge in [0.15, 0.2) is 0 Å². The summed E-state index contributed by atoms with van der Waals surface area (Å²) in [4.78, 5) is 17.5. The molecule has 2 aromatic rings. The maximum atomic E-state index is 12.4. The van der Waals surface area contributed by atoms with Crippen LogP contribution in [0.3, 0.4) is 0 Å². The summed E-state index contributed by atoms with van der Waals surface area (Å²) >= 11 is 0. The lowest BCUT2D eigenvalue weighted by molar-refractivity contribution is 0.0756. The van der Waals surface area contributed by atoms with Crippen molar-refractivity contribution in [2.45, 2.75) is 26.7 Å². The number of hydrogen-bond donors (Lipinski definition) is 1. The minimum absolute atomic E-state index is 0.141. The van der Waals surface area contributed by atoms with Crippen molar-refractivity contribution in [3.8, 4) is 0 Å². The van der Waals surface area contributed by atoms with Crippen molar-refractivity contribution >= 4 is 16.8 Å². The zero-order valence-electron chi connectivity index (χ0n) is 11.1. The summed E-state index contributed by atoms with van der Waals surface area (Å²) in [6, 6.07) is 7.83. The van der Waals surface area contributed by atoms with E-state index in [1.807, 2.05) is 35.4 Å². The van der Waals surface area contributed by atoms with Crippen LogP contribution in [0.5, 0.6) is 0 Å².